The molecule has 8 heteroatoms. The standard InChI is InChI=1S/C24H35ClN4O3/c1-16(29(19-9-10-19)23(30)21-15-26-12-13-32-21)24(2)20(8-5-11-27-31-3)22(28-24)17-6-4-7-18(25)14-17/h4,6-7,14,16,19-21,26-27H,5,8-13,15H2,1-3H3/t16-,20?,21-,24?/m1/s1. The van der Waals surface area contributed by atoms with Crippen LogP contribution in [0.5, 0.6) is 0 Å². The molecule has 2 aliphatic heterocycles. The Morgan fingerprint density at radius 2 is 2.28 bits per heavy atom. The first-order chi connectivity index (χ1) is 15.5. The largest absolute Gasteiger partial charge is 0.366 e. The molecule has 176 valence electrons. The third-order valence-corrected chi connectivity index (χ3v) is 7.33. The molecule has 0 aromatic heterocycles. The summed E-state index contributed by atoms with van der Waals surface area (Å²) in [6.45, 7) is 7.08. The van der Waals surface area contributed by atoms with Crippen molar-refractivity contribution in [1.29, 1.82) is 0 Å². The van der Waals surface area contributed by atoms with Crippen LogP contribution in [0.4, 0.5) is 0 Å². The SMILES string of the molecule is CONCCCC1C(c2cccc(Cl)c2)=NC1(C)[C@@H](C)N(C(=O)[C@H]1CNCCO1)C1CC1. The summed E-state index contributed by atoms with van der Waals surface area (Å²) < 4.78 is 5.81. The number of amides is 1. The van der Waals surface area contributed by atoms with Crippen LogP contribution in [0.15, 0.2) is 29.3 Å². The first-order valence-corrected chi connectivity index (χ1v) is 12.1. The normalized spacial score (nSPS) is 28.6. The van der Waals surface area contributed by atoms with Gasteiger partial charge in [0.1, 0.15) is 6.10 Å². The number of ether oxygens (including phenoxy) is 1. The number of carbonyl (C=O) groups is 1. The van der Waals surface area contributed by atoms with Gasteiger partial charge in [-0.1, -0.05) is 23.7 Å². The van der Waals surface area contributed by atoms with E-state index in [4.69, 9.17) is 26.2 Å². The molecule has 1 aromatic rings. The van der Waals surface area contributed by atoms with Crippen LogP contribution in [-0.2, 0) is 14.4 Å². The summed E-state index contributed by atoms with van der Waals surface area (Å²) in [5.41, 5.74) is 4.73. The van der Waals surface area contributed by atoms with Crippen molar-refractivity contribution in [3.05, 3.63) is 34.9 Å². The van der Waals surface area contributed by atoms with Crippen molar-refractivity contribution >= 4 is 23.2 Å². The van der Waals surface area contributed by atoms with E-state index in [0.29, 0.717) is 24.2 Å². The Morgan fingerprint density at radius 1 is 1.47 bits per heavy atom. The van der Waals surface area contributed by atoms with E-state index in [-0.39, 0.29) is 23.4 Å². The molecule has 3 aliphatic rings. The van der Waals surface area contributed by atoms with Crippen LogP contribution in [-0.4, -0.2) is 73.6 Å². The molecule has 2 heterocycles. The van der Waals surface area contributed by atoms with E-state index < -0.39 is 6.10 Å². The maximum Gasteiger partial charge on any atom is 0.253 e. The molecule has 0 bridgehead atoms. The maximum absolute atomic E-state index is 13.5. The molecule has 0 radical (unpaired) electrons. The zero-order valence-electron chi connectivity index (χ0n) is 19.3. The first kappa shape index (κ1) is 23.6. The number of hydrogen-bond acceptors (Lipinski definition) is 6. The molecule has 32 heavy (non-hydrogen) atoms. The molecule has 4 atom stereocenters. The van der Waals surface area contributed by atoms with Gasteiger partial charge in [0, 0.05) is 42.3 Å². The van der Waals surface area contributed by atoms with Gasteiger partial charge in [0.05, 0.1) is 25.3 Å². The molecule has 1 aliphatic carbocycles. The summed E-state index contributed by atoms with van der Waals surface area (Å²) in [6.07, 6.45) is 3.61. The number of morpholine rings is 1. The predicted octanol–water partition coefficient (Wildman–Crippen LogP) is 2.82. The highest BCUT2D eigenvalue weighted by Gasteiger charge is 2.54. The highest BCUT2D eigenvalue weighted by molar-refractivity contribution is 6.31. The molecule has 1 amide bonds. The Bertz CT molecular complexity index is 840. The third kappa shape index (κ3) is 4.87. The topological polar surface area (TPSA) is 75.2 Å². The van der Waals surface area contributed by atoms with E-state index in [1.54, 1.807) is 7.11 Å². The van der Waals surface area contributed by atoms with Crippen LogP contribution in [0.3, 0.4) is 0 Å². The summed E-state index contributed by atoms with van der Waals surface area (Å²) in [5.74, 6) is 0.328. The third-order valence-electron chi connectivity index (χ3n) is 7.09. The minimum atomic E-state index is -0.406. The van der Waals surface area contributed by atoms with Gasteiger partial charge in [-0.2, -0.15) is 0 Å². The second-order valence-electron chi connectivity index (χ2n) is 9.24. The number of hydroxylamine groups is 1. The molecule has 1 aromatic carbocycles. The van der Waals surface area contributed by atoms with Crippen LogP contribution in [0, 0.1) is 5.92 Å². The van der Waals surface area contributed by atoms with Gasteiger partial charge >= 0.3 is 0 Å². The quantitative estimate of drug-likeness (QED) is 0.413. The molecular formula is C24H35ClN4O3. The zero-order chi connectivity index (χ0) is 22.7. The van der Waals surface area contributed by atoms with Crippen LogP contribution in [0.2, 0.25) is 5.02 Å². The van der Waals surface area contributed by atoms with Crippen molar-refractivity contribution < 1.29 is 14.4 Å². The molecule has 2 N–H and O–H groups in total. The lowest BCUT2D eigenvalue weighted by atomic mass is 9.67. The van der Waals surface area contributed by atoms with Gasteiger partial charge < -0.3 is 19.8 Å². The molecule has 2 fully saturated rings. The van der Waals surface area contributed by atoms with E-state index in [2.05, 4.69) is 35.6 Å². The number of halogens is 1. The second kappa shape index (κ2) is 10.2. The Morgan fingerprint density at radius 3 is 2.94 bits per heavy atom. The Kier molecular flexibility index (Phi) is 7.52. The molecule has 7 nitrogen and oxygen atoms in total. The average Bonchev–Trinajstić information content (AvgIpc) is 3.62. The van der Waals surface area contributed by atoms with Crippen molar-refractivity contribution in [1.82, 2.24) is 15.7 Å². The summed E-state index contributed by atoms with van der Waals surface area (Å²) in [5, 5.41) is 4.00. The number of aliphatic imine (C=N–C) groups is 1. The zero-order valence-corrected chi connectivity index (χ0v) is 20.0. The summed E-state index contributed by atoms with van der Waals surface area (Å²) in [7, 11) is 1.63. The van der Waals surface area contributed by atoms with Crippen LogP contribution in [0.1, 0.15) is 45.1 Å². The van der Waals surface area contributed by atoms with E-state index >= 15 is 0 Å². The van der Waals surface area contributed by atoms with Crippen LogP contribution < -0.4 is 10.8 Å². The van der Waals surface area contributed by atoms with Gasteiger partial charge in [0.25, 0.3) is 5.91 Å². The lowest BCUT2D eigenvalue weighted by Crippen LogP contribution is -2.64. The molecule has 2 unspecified atom stereocenters. The van der Waals surface area contributed by atoms with Gasteiger partial charge in [-0.05, 0) is 57.2 Å². The molecule has 1 saturated heterocycles. The lowest BCUT2D eigenvalue weighted by Gasteiger charge is -2.52. The highest BCUT2D eigenvalue weighted by atomic mass is 35.5. The van der Waals surface area contributed by atoms with E-state index in [1.807, 2.05) is 18.2 Å². The van der Waals surface area contributed by atoms with Gasteiger partial charge in [-0.15, -0.1) is 0 Å². The van der Waals surface area contributed by atoms with Crippen molar-refractivity contribution in [3.63, 3.8) is 0 Å². The van der Waals surface area contributed by atoms with Crippen molar-refractivity contribution in [3.8, 4) is 0 Å². The smallest absolute Gasteiger partial charge is 0.253 e. The van der Waals surface area contributed by atoms with Crippen LogP contribution >= 0.6 is 11.6 Å². The van der Waals surface area contributed by atoms with Gasteiger partial charge in [0.2, 0.25) is 0 Å². The summed E-state index contributed by atoms with van der Waals surface area (Å²) in [6, 6.07) is 8.18. The summed E-state index contributed by atoms with van der Waals surface area (Å²) in [4.78, 5) is 25.7. The lowest BCUT2D eigenvalue weighted by molar-refractivity contribution is -0.150. The number of nitrogens with one attached hydrogen (secondary N) is 2. The fourth-order valence-electron chi connectivity index (χ4n) is 5.05. The highest BCUT2D eigenvalue weighted by Crippen LogP contribution is 2.45. The van der Waals surface area contributed by atoms with Crippen molar-refractivity contribution in [2.24, 2.45) is 10.9 Å². The summed E-state index contributed by atoms with van der Waals surface area (Å²) >= 11 is 6.27. The van der Waals surface area contributed by atoms with Gasteiger partial charge in [-0.3, -0.25) is 9.79 Å². The van der Waals surface area contributed by atoms with E-state index in [1.165, 1.54) is 0 Å². The minimum Gasteiger partial charge on any atom is -0.366 e. The number of nitrogens with zero attached hydrogens (tertiary/aromatic N) is 2. The molecule has 1 saturated carbocycles. The number of benzene rings is 1. The molecular weight excluding hydrogens is 428 g/mol. The fraction of sp³-hybridized carbons (Fsp3) is 0.667. The maximum atomic E-state index is 13.5. The van der Waals surface area contributed by atoms with Crippen molar-refractivity contribution in [2.75, 3.05) is 33.4 Å². The molecule has 4 rings (SSSR count). The van der Waals surface area contributed by atoms with E-state index in [0.717, 1.165) is 50.0 Å². The number of rotatable bonds is 10. The monoisotopic (exact) mass is 462 g/mol. The average molecular weight is 463 g/mol. The molecule has 0 spiro atoms. The minimum absolute atomic E-state index is 0.0173. The second-order valence-corrected chi connectivity index (χ2v) is 9.68. The van der Waals surface area contributed by atoms with Gasteiger partial charge in [-0.25, -0.2) is 5.48 Å². The fourth-order valence-corrected chi connectivity index (χ4v) is 5.24. The number of carbonyl (C=O) groups excluding carboxylic acids is 1. The van der Waals surface area contributed by atoms with E-state index in [9.17, 15) is 4.79 Å². The van der Waals surface area contributed by atoms with Gasteiger partial charge in [0.15, 0.2) is 0 Å². The Labute approximate surface area is 195 Å². The Hall–Kier alpha value is -1.51. The number of hydrogen-bond donors (Lipinski definition) is 2. The first-order valence-electron chi connectivity index (χ1n) is 11.7. The Balaban J connectivity index is 1.58. The van der Waals surface area contributed by atoms with Crippen LogP contribution in [0.25, 0.3) is 0 Å². The van der Waals surface area contributed by atoms with Crippen molar-refractivity contribution in [2.45, 2.75) is 63.3 Å². The predicted molar refractivity (Wildman–Crippen MR) is 126 cm³/mol.